The lowest BCUT2D eigenvalue weighted by Crippen LogP contribution is -2.13. The van der Waals surface area contributed by atoms with Crippen LogP contribution < -0.4 is 10.6 Å². The second-order valence-electron chi connectivity index (χ2n) is 6.05. The van der Waals surface area contributed by atoms with Crippen LogP contribution in [0.5, 0.6) is 0 Å². The first-order valence-electron chi connectivity index (χ1n) is 9.25. The molecule has 0 saturated heterocycles. The standard InChI is InChI=1S/C21H19FN4O3S2/c1-2-29-19(28)11-8-14-6-9-16(10-7-14)23-18(27)13-30-21-26-25-20(31-21)24-17-5-3-4-15(22)12-17/h3-12H,2,13H2,1H3,(H,23,27)(H,24,25)/b11-8+. The molecular weight excluding hydrogens is 439 g/mol. The summed E-state index contributed by atoms with van der Waals surface area (Å²) < 4.78 is 18.7. The van der Waals surface area contributed by atoms with Crippen molar-refractivity contribution in [3.63, 3.8) is 0 Å². The van der Waals surface area contributed by atoms with Gasteiger partial charge in [0.25, 0.3) is 0 Å². The minimum Gasteiger partial charge on any atom is -0.463 e. The predicted molar refractivity (Wildman–Crippen MR) is 121 cm³/mol. The highest BCUT2D eigenvalue weighted by Crippen LogP contribution is 2.28. The van der Waals surface area contributed by atoms with Crippen molar-refractivity contribution in [2.75, 3.05) is 23.0 Å². The summed E-state index contributed by atoms with van der Waals surface area (Å²) >= 11 is 2.53. The van der Waals surface area contributed by atoms with E-state index in [1.165, 1.54) is 41.3 Å². The van der Waals surface area contributed by atoms with Gasteiger partial charge in [-0.2, -0.15) is 0 Å². The summed E-state index contributed by atoms with van der Waals surface area (Å²) in [5, 5.41) is 14.3. The summed E-state index contributed by atoms with van der Waals surface area (Å²) in [7, 11) is 0. The maximum absolute atomic E-state index is 13.2. The Hall–Kier alpha value is -3.24. The number of halogens is 1. The van der Waals surface area contributed by atoms with Gasteiger partial charge in [-0.3, -0.25) is 4.79 Å². The third kappa shape index (κ3) is 7.50. The van der Waals surface area contributed by atoms with Crippen LogP contribution in [-0.4, -0.2) is 34.4 Å². The van der Waals surface area contributed by atoms with Gasteiger partial charge in [0.15, 0.2) is 4.34 Å². The molecule has 0 aliphatic rings. The SMILES string of the molecule is CCOC(=O)/C=C/c1ccc(NC(=O)CSc2nnc(Nc3cccc(F)c3)s2)cc1. The number of anilines is 3. The molecule has 3 aromatic rings. The first kappa shape index (κ1) is 22.4. The molecule has 1 amide bonds. The van der Waals surface area contributed by atoms with E-state index in [2.05, 4.69) is 20.8 Å². The number of carbonyl (C=O) groups excluding carboxylic acids is 2. The summed E-state index contributed by atoms with van der Waals surface area (Å²) in [5.41, 5.74) is 2.03. The third-order valence-electron chi connectivity index (χ3n) is 3.70. The molecule has 0 bridgehead atoms. The number of benzene rings is 2. The molecule has 0 atom stereocenters. The summed E-state index contributed by atoms with van der Waals surface area (Å²) in [6, 6.07) is 13.1. The highest BCUT2D eigenvalue weighted by Gasteiger charge is 2.09. The molecular formula is C21H19FN4O3S2. The van der Waals surface area contributed by atoms with E-state index < -0.39 is 5.97 Å². The second-order valence-corrected chi connectivity index (χ2v) is 8.25. The lowest BCUT2D eigenvalue weighted by atomic mass is 10.2. The quantitative estimate of drug-likeness (QED) is 0.272. The van der Waals surface area contributed by atoms with Crippen molar-refractivity contribution in [3.8, 4) is 0 Å². The number of amides is 1. The summed E-state index contributed by atoms with van der Waals surface area (Å²) in [4.78, 5) is 23.5. The number of hydrogen-bond acceptors (Lipinski definition) is 8. The monoisotopic (exact) mass is 458 g/mol. The van der Waals surface area contributed by atoms with Crippen molar-refractivity contribution in [1.82, 2.24) is 10.2 Å². The van der Waals surface area contributed by atoms with Gasteiger partial charge in [-0.1, -0.05) is 41.3 Å². The lowest BCUT2D eigenvalue weighted by Gasteiger charge is -2.04. The normalized spacial score (nSPS) is 10.8. The molecule has 0 unspecified atom stereocenters. The van der Waals surface area contributed by atoms with E-state index in [4.69, 9.17) is 4.74 Å². The van der Waals surface area contributed by atoms with E-state index in [-0.39, 0.29) is 17.5 Å². The lowest BCUT2D eigenvalue weighted by molar-refractivity contribution is -0.137. The molecule has 0 fully saturated rings. The van der Waals surface area contributed by atoms with E-state index in [1.807, 2.05) is 0 Å². The van der Waals surface area contributed by atoms with Crippen LogP contribution in [0.25, 0.3) is 6.08 Å². The highest BCUT2D eigenvalue weighted by molar-refractivity contribution is 8.01. The molecule has 0 saturated carbocycles. The van der Waals surface area contributed by atoms with E-state index in [9.17, 15) is 14.0 Å². The largest absolute Gasteiger partial charge is 0.463 e. The number of nitrogens with zero attached hydrogens (tertiary/aromatic N) is 2. The molecule has 31 heavy (non-hydrogen) atoms. The number of ether oxygens (including phenoxy) is 1. The van der Waals surface area contributed by atoms with Crippen LogP contribution >= 0.6 is 23.1 Å². The zero-order valence-corrected chi connectivity index (χ0v) is 18.1. The van der Waals surface area contributed by atoms with Crippen LogP contribution in [0.3, 0.4) is 0 Å². The van der Waals surface area contributed by atoms with Gasteiger partial charge < -0.3 is 15.4 Å². The topological polar surface area (TPSA) is 93.2 Å². The van der Waals surface area contributed by atoms with Crippen molar-refractivity contribution >= 4 is 57.6 Å². The third-order valence-corrected chi connectivity index (χ3v) is 5.67. The molecule has 0 spiro atoms. The maximum atomic E-state index is 13.2. The van der Waals surface area contributed by atoms with Gasteiger partial charge in [0.2, 0.25) is 11.0 Å². The molecule has 7 nitrogen and oxygen atoms in total. The Morgan fingerprint density at radius 1 is 1.16 bits per heavy atom. The fourth-order valence-electron chi connectivity index (χ4n) is 2.36. The predicted octanol–water partition coefficient (Wildman–Crippen LogP) is 4.73. The maximum Gasteiger partial charge on any atom is 0.330 e. The van der Waals surface area contributed by atoms with Gasteiger partial charge in [-0.15, -0.1) is 10.2 Å². The van der Waals surface area contributed by atoms with Crippen LogP contribution in [-0.2, 0) is 14.3 Å². The van der Waals surface area contributed by atoms with Gasteiger partial charge in [0.1, 0.15) is 5.82 Å². The number of esters is 1. The van der Waals surface area contributed by atoms with Crippen LogP contribution in [0.2, 0.25) is 0 Å². The Labute approximate surface area is 186 Å². The van der Waals surface area contributed by atoms with Gasteiger partial charge in [-0.25, -0.2) is 9.18 Å². The van der Waals surface area contributed by atoms with Crippen molar-refractivity contribution in [2.45, 2.75) is 11.3 Å². The van der Waals surface area contributed by atoms with Crippen molar-refractivity contribution < 1.29 is 18.7 Å². The van der Waals surface area contributed by atoms with Crippen molar-refractivity contribution in [1.29, 1.82) is 0 Å². The molecule has 2 aromatic carbocycles. The van der Waals surface area contributed by atoms with E-state index in [0.29, 0.717) is 27.5 Å². The Balaban J connectivity index is 1.46. The summed E-state index contributed by atoms with van der Waals surface area (Å²) in [5.74, 6) is -0.764. The molecule has 0 aliphatic heterocycles. The first-order chi connectivity index (χ1) is 15.0. The summed E-state index contributed by atoms with van der Waals surface area (Å²) in [6.45, 7) is 2.07. The smallest absolute Gasteiger partial charge is 0.330 e. The fraction of sp³-hybridized carbons (Fsp3) is 0.143. The zero-order chi connectivity index (χ0) is 22.1. The van der Waals surface area contributed by atoms with Crippen LogP contribution in [0.4, 0.5) is 20.9 Å². The Morgan fingerprint density at radius 3 is 2.71 bits per heavy atom. The average molecular weight is 459 g/mol. The van der Waals surface area contributed by atoms with Crippen molar-refractivity contribution in [2.24, 2.45) is 0 Å². The van der Waals surface area contributed by atoms with Crippen LogP contribution in [0.1, 0.15) is 12.5 Å². The van der Waals surface area contributed by atoms with E-state index >= 15 is 0 Å². The number of rotatable bonds is 9. The van der Waals surface area contributed by atoms with Gasteiger partial charge >= 0.3 is 5.97 Å². The molecule has 0 radical (unpaired) electrons. The number of carbonyl (C=O) groups is 2. The second kappa shape index (κ2) is 11.2. The van der Waals surface area contributed by atoms with E-state index in [0.717, 1.165) is 5.56 Å². The Kier molecular flexibility index (Phi) is 8.13. The minimum atomic E-state index is -0.400. The average Bonchev–Trinajstić information content (AvgIpc) is 3.19. The molecule has 3 rings (SSSR count). The summed E-state index contributed by atoms with van der Waals surface area (Å²) in [6.07, 6.45) is 3.00. The molecule has 1 heterocycles. The molecule has 160 valence electrons. The zero-order valence-electron chi connectivity index (χ0n) is 16.5. The van der Waals surface area contributed by atoms with Gasteiger partial charge in [0.05, 0.1) is 12.4 Å². The molecule has 1 aromatic heterocycles. The number of hydrogen-bond donors (Lipinski definition) is 2. The number of aromatic nitrogens is 2. The van der Waals surface area contributed by atoms with Gasteiger partial charge in [0, 0.05) is 17.5 Å². The molecule has 10 heteroatoms. The number of thioether (sulfide) groups is 1. The number of nitrogens with one attached hydrogen (secondary N) is 2. The van der Waals surface area contributed by atoms with Crippen LogP contribution in [0, 0.1) is 5.82 Å². The van der Waals surface area contributed by atoms with Gasteiger partial charge in [-0.05, 0) is 48.9 Å². The first-order valence-corrected chi connectivity index (χ1v) is 11.1. The highest BCUT2D eigenvalue weighted by atomic mass is 32.2. The molecule has 0 aliphatic carbocycles. The van der Waals surface area contributed by atoms with Crippen LogP contribution in [0.15, 0.2) is 58.9 Å². The Bertz CT molecular complexity index is 1070. The van der Waals surface area contributed by atoms with Crippen molar-refractivity contribution in [3.05, 3.63) is 66.0 Å². The van der Waals surface area contributed by atoms with E-state index in [1.54, 1.807) is 49.4 Å². The fourth-order valence-corrected chi connectivity index (χ4v) is 3.94. The minimum absolute atomic E-state index is 0.166. The Morgan fingerprint density at radius 2 is 1.97 bits per heavy atom. The molecule has 2 N–H and O–H groups in total.